The third-order valence-corrected chi connectivity index (χ3v) is 4.27. The summed E-state index contributed by atoms with van der Waals surface area (Å²) in [7, 11) is 0.780. The van der Waals surface area contributed by atoms with Crippen LogP contribution < -0.4 is 11.2 Å². The van der Waals surface area contributed by atoms with Gasteiger partial charge in [0, 0.05) is 18.7 Å². The molecule has 8 nitrogen and oxygen atoms in total. The largest absolute Gasteiger partial charge is 0.478 e. The maximum atomic E-state index is 14.4. The van der Waals surface area contributed by atoms with E-state index in [1.165, 1.54) is 6.92 Å². The molecule has 2 rings (SSSR count). The van der Waals surface area contributed by atoms with Gasteiger partial charge < -0.3 is 9.94 Å². The van der Waals surface area contributed by atoms with Gasteiger partial charge in [-0.2, -0.15) is 13.2 Å². The van der Waals surface area contributed by atoms with Gasteiger partial charge in [0.15, 0.2) is 0 Å². The highest BCUT2D eigenvalue weighted by atomic mass is 35.5. The van der Waals surface area contributed by atoms with Gasteiger partial charge in [-0.1, -0.05) is 23.7 Å². The first-order chi connectivity index (χ1) is 13.9. The molecule has 0 amide bonds. The van der Waals surface area contributed by atoms with E-state index in [2.05, 4.69) is 5.16 Å². The molecule has 2 aromatic rings. The fourth-order valence-electron chi connectivity index (χ4n) is 2.40. The summed E-state index contributed by atoms with van der Waals surface area (Å²) in [6.07, 6.45) is -5.23. The van der Waals surface area contributed by atoms with Crippen molar-refractivity contribution in [3.8, 4) is 5.69 Å². The van der Waals surface area contributed by atoms with Crippen LogP contribution in [-0.4, -0.2) is 32.5 Å². The van der Waals surface area contributed by atoms with Crippen molar-refractivity contribution in [1.82, 2.24) is 9.13 Å². The molecule has 0 aliphatic carbocycles. The van der Waals surface area contributed by atoms with Gasteiger partial charge in [0.05, 0.1) is 16.9 Å². The second-order valence-electron chi connectivity index (χ2n) is 5.94. The molecule has 0 spiro atoms. The number of oxime groups is 1. The molecule has 1 heterocycles. The molecule has 0 aliphatic heterocycles. The Morgan fingerprint density at radius 2 is 1.97 bits per heavy atom. The first kappa shape index (κ1) is 23.1. The number of aliphatic carboxylic acids is 1. The van der Waals surface area contributed by atoms with Crippen LogP contribution in [0.15, 0.2) is 32.9 Å². The zero-order chi connectivity index (χ0) is 22.8. The number of nitrogens with zero attached hydrogens (tertiary/aromatic N) is 3. The lowest BCUT2D eigenvalue weighted by Gasteiger charge is -2.14. The number of halogens is 5. The molecule has 0 bridgehead atoms. The van der Waals surface area contributed by atoms with Crippen LogP contribution >= 0.6 is 11.6 Å². The molecule has 1 aromatic heterocycles. The summed E-state index contributed by atoms with van der Waals surface area (Å²) in [4.78, 5) is 40.1. The highest BCUT2D eigenvalue weighted by Crippen LogP contribution is 2.27. The van der Waals surface area contributed by atoms with Gasteiger partial charge in [0.25, 0.3) is 5.56 Å². The topological polar surface area (TPSA) is 103 Å². The van der Waals surface area contributed by atoms with E-state index in [-0.39, 0.29) is 32.2 Å². The SMILES string of the molecule is CC[C@H](O/N=C/c1cc(-n2c(=O)cc(C(F)(F)F)n(C)c2=O)c(F)cc1Cl)C(=O)O. The standard InChI is InChI=1S/C17H14ClF4N3O5/c1-3-12(15(27)28)30-23-7-8-4-11(10(19)5-9(8)18)25-14(26)6-13(17(20,21)22)24(2)16(25)29/h4-7,12H,3H2,1-2H3,(H,27,28)/b23-7+/t12-/m0/s1. The maximum absolute atomic E-state index is 14.4. The van der Waals surface area contributed by atoms with Crippen molar-refractivity contribution in [2.24, 2.45) is 12.2 Å². The number of rotatable bonds is 6. The highest BCUT2D eigenvalue weighted by molar-refractivity contribution is 6.33. The Morgan fingerprint density at radius 3 is 2.50 bits per heavy atom. The van der Waals surface area contributed by atoms with E-state index in [9.17, 15) is 31.9 Å². The Kier molecular flexibility index (Phi) is 6.70. The van der Waals surface area contributed by atoms with Crippen molar-refractivity contribution in [2.45, 2.75) is 25.6 Å². The molecule has 1 N–H and O–H groups in total. The Morgan fingerprint density at radius 1 is 1.33 bits per heavy atom. The van der Waals surface area contributed by atoms with Gasteiger partial charge >= 0.3 is 17.8 Å². The molecule has 0 saturated heterocycles. The van der Waals surface area contributed by atoms with Crippen LogP contribution in [0.5, 0.6) is 0 Å². The van der Waals surface area contributed by atoms with E-state index >= 15 is 0 Å². The van der Waals surface area contributed by atoms with Crippen LogP contribution in [-0.2, 0) is 22.9 Å². The van der Waals surface area contributed by atoms with Crippen molar-refractivity contribution in [3.05, 3.63) is 61.1 Å². The van der Waals surface area contributed by atoms with Crippen molar-refractivity contribution in [2.75, 3.05) is 0 Å². The molecule has 0 aliphatic rings. The Hall–Kier alpha value is -3.15. The molecular weight excluding hydrogens is 438 g/mol. The molecule has 0 radical (unpaired) electrons. The summed E-state index contributed by atoms with van der Waals surface area (Å²) in [5.74, 6) is -2.44. The number of carboxylic acid groups (broad SMARTS) is 1. The van der Waals surface area contributed by atoms with Gasteiger partial charge in [0.2, 0.25) is 6.10 Å². The number of carbonyl (C=O) groups is 1. The fourth-order valence-corrected chi connectivity index (χ4v) is 2.60. The first-order valence-corrected chi connectivity index (χ1v) is 8.58. The van der Waals surface area contributed by atoms with E-state index < -0.39 is 46.7 Å². The minimum atomic E-state index is -4.97. The summed E-state index contributed by atoms with van der Waals surface area (Å²) in [6, 6.07) is 1.77. The van der Waals surface area contributed by atoms with Gasteiger partial charge in [-0.15, -0.1) is 0 Å². The van der Waals surface area contributed by atoms with E-state index in [4.69, 9.17) is 21.5 Å². The van der Waals surface area contributed by atoms with E-state index in [1.54, 1.807) is 0 Å². The lowest BCUT2D eigenvalue weighted by Crippen LogP contribution is -2.41. The molecular formula is C17H14ClF4N3O5. The number of aromatic nitrogens is 2. The summed E-state index contributed by atoms with van der Waals surface area (Å²) in [5, 5.41) is 12.1. The third-order valence-electron chi connectivity index (χ3n) is 3.94. The maximum Gasteiger partial charge on any atom is 0.431 e. The van der Waals surface area contributed by atoms with Crippen molar-refractivity contribution < 1.29 is 32.3 Å². The van der Waals surface area contributed by atoms with Crippen LogP contribution in [0.4, 0.5) is 17.6 Å². The minimum Gasteiger partial charge on any atom is -0.478 e. The minimum absolute atomic E-state index is 0.0813. The zero-order valence-corrected chi connectivity index (χ0v) is 16.2. The molecule has 0 fully saturated rings. The Labute approximate surface area is 170 Å². The van der Waals surface area contributed by atoms with E-state index in [0.717, 1.165) is 25.4 Å². The van der Waals surface area contributed by atoms with E-state index in [1.807, 2.05) is 0 Å². The number of hydrogen-bond acceptors (Lipinski definition) is 5. The lowest BCUT2D eigenvalue weighted by molar-refractivity contribution is -0.150. The molecule has 13 heteroatoms. The predicted octanol–water partition coefficient (Wildman–Crippen LogP) is 2.56. The van der Waals surface area contributed by atoms with Gasteiger partial charge in [-0.25, -0.2) is 18.5 Å². The van der Waals surface area contributed by atoms with Crippen molar-refractivity contribution in [3.63, 3.8) is 0 Å². The summed E-state index contributed by atoms with van der Waals surface area (Å²) < 4.78 is 53.6. The van der Waals surface area contributed by atoms with Gasteiger partial charge in [-0.05, 0) is 18.6 Å². The Balaban J connectivity index is 2.58. The summed E-state index contributed by atoms with van der Waals surface area (Å²) in [6.45, 7) is 1.53. The quantitative estimate of drug-likeness (QED) is 0.413. The van der Waals surface area contributed by atoms with Crippen LogP contribution in [0, 0.1) is 5.82 Å². The first-order valence-electron chi connectivity index (χ1n) is 8.20. The molecule has 30 heavy (non-hydrogen) atoms. The van der Waals surface area contributed by atoms with E-state index in [0.29, 0.717) is 0 Å². The van der Waals surface area contributed by atoms with Gasteiger partial charge in [-0.3, -0.25) is 9.36 Å². The normalized spacial score (nSPS) is 12.9. The second kappa shape index (κ2) is 8.69. The van der Waals surface area contributed by atoms with Crippen LogP contribution in [0.1, 0.15) is 24.6 Å². The summed E-state index contributed by atoms with van der Waals surface area (Å²) >= 11 is 5.87. The monoisotopic (exact) mass is 451 g/mol. The second-order valence-corrected chi connectivity index (χ2v) is 6.35. The average Bonchev–Trinajstić information content (AvgIpc) is 2.63. The predicted molar refractivity (Wildman–Crippen MR) is 97.6 cm³/mol. The molecule has 0 saturated carbocycles. The molecule has 0 unspecified atom stereocenters. The van der Waals surface area contributed by atoms with Crippen molar-refractivity contribution >= 4 is 23.8 Å². The smallest absolute Gasteiger partial charge is 0.431 e. The number of carboxylic acids is 1. The molecule has 1 aromatic carbocycles. The number of alkyl halides is 3. The average molecular weight is 452 g/mol. The van der Waals surface area contributed by atoms with Crippen LogP contribution in [0.3, 0.4) is 0 Å². The van der Waals surface area contributed by atoms with Crippen LogP contribution in [0.25, 0.3) is 5.69 Å². The summed E-state index contributed by atoms with van der Waals surface area (Å²) in [5.41, 5.74) is -5.11. The number of benzene rings is 1. The lowest BCUT2D eigenvalue weighted by atomic mass is 10.2. The Bertz CT molecular complexity index is 1120. The van der Waals surface area contributed by atoms with Gasteiger partial charge in [0.1, 0.15) is 11.5 Å². The number of hydrogen-bond donors (Lipinski definition) is 1. The zero-order valence-electron chi connectivity index (χ0n) is 15.4. The third kappa shape index (κ3) is 4.70. The highest BCUT2D eigenvalue weighted by Gasteiger charge is 2.35. The molecule has 1 atom stereocenters. The van der Waals surface area contributed by atoms with Crippen LogP contribution in [0.2, 0.25) is 5.02 Å². The van der Waals surface area contributed by atoms with Crippen molar-refractivity contribution in [1.29, 1.82) is 0 Å². The fraction of sp³-hybridized carbons (Fsp3) is 0.294. The molecule has 162 valence electrons.